The summed E-state index contributed by atoms with van der Waals surface area (Å²) >= 11 is 0. The van der Waals surface area contributed by atoms with Crippen LogP contribution < -0.4 is 24.4 Å². The fourth-order valence-corrected chi connectivity index (χ4v) is 6.16. The number of nitrogens with zero attached hydrogens (tertiary/aromatic N) is 3. The van der Waals surface area contributed by atoms with Crippen molar-refractivity contribution in [3.63, 3.8) is 0 Å². The molecule has 52 heavy (non-hydrogen) atoms. The number of ether oxygens (including phenoxy) is 5. The number of amides is 4. The minimum absolute atomic E-state index is 0.0592. The molecule has 0 radical (unpaired) electrons. The number of piperidine rings is 1. The van der Waals surface area contributed by atoms with Gasteiger partial charge in [-0.05, 0) is 78.6 Å². The average molecular weight is 737 g/mol. The van der Waals surface area contributed by atoms with E-state index >= 15 is 0 Å². The number of benzene rings is 2. The first kappa shape index (κ1) is 39.9. The number of halogens is 3. The van der Waals surface area contributed by atoms with Gasteiger partial charge in [-0.1, -0.05) is 6.07 Å². The number of carbonyl (C=O) groups excluding carboxylic acids is 4. The van der Waals surface area contributed by atoms with E-state index in [2.05, 4.69) is 10.1 Å². The molecule has 2 heterocycles. The number of hydrogen-bond donors (Lipinski definition) is 1. The fraction of sp³-hybridized carbons (Fsp3) is 0.556. The summed E-state index contributed by atoms with van der Waals surface area (Å²) < 4.78 is 71.9. The lowest BCUT2D eigenvalue weighted by Gasteiger charge is -2.43. The standard InChI is InChI=1S/C36H47F3N4O9/c1-22(2)43(23-11-10-15-41(20-23)33(47)52-34(3,4)5)30(44)26-18-28-29(19-27(26)36(37,38)39)51-35(6,21-50-25-13-9-12-24(17-25)48-7)31(45)42(28)16-14-40-32(46)49-8/h9,12-13,17-19,22-23H,10-11,14-16,20-21H2,1-8H3,(H,40,46)/t23-,35?/m1/s1. The Balaban J connectivity index is 1.75. The molecular weight excluding hydrogens is 689 g/mol. The van der Waals surface area contributed by atoms with Crippen LogP contribution >= 0.6 is 0 Å². The predicted molar refractivity (Wildman–Crippen MR) is 184 cm³/mol. The molecule has 4 rings (SSSR count). The highest BCUT2D eigenvalue weighted by Gasteiger charge is 2.48. The van der Waals surface area contributed by atoms with E-state index in [1.165, 1.54) is 23.8 Å². The largest absolute Gasteiger partial charge is 0.497 e. The van der Waals surface area contributed by atoms with Gasteiger partial charge in [0.05, 0.1) is 37.1 Å². The highest BCUT2D eigenvalue weighted by Crippen LogP contribution is 2.45. The van der Waals surface area contributed by atoms with E-state index in [-0.39, 0.29) is 31.1 Å². The lowest BCUT2D eigenvalue weighted by atomic mass is 9.96. The highest BCUT2D eigenvalue weighted by molar-refractivity contribution is 6.05. The number of carbonyl (C=O) groups is 4. The van der Waals surface area contributed by atoms with Gasteiger partial charge in [0.25, 0.3) is 11.8 Å². The number of rotatable bonds is 10. The molecule has 2 aliphatic rings. The van der Waals surface area contributed by atoms with Gasteiger partial charge in [-0.25, -0.2) is 9.59 Å². The van der Waals surface area contributed by atoms with Gasteiger partial charge in [0, 0.05) is 38.3 Å². The number of alkyl carbamates (subject to hydrolysis) is 1. The third-order valence-electron chi connectivity index (χ3n) is 8.54. The third-order valence-corrected chi connectivity index (χ3v) is 8.54. The van der Waals surface area contributed by atoms with Crippen molar-refractivity contribution < 1.29 is 56.0 Å². The van der Waals surface area contributed by atoms with Crippen LogP contribution in [0.1, 0.15) is 70.3 Å². The fourth-order valence-electron chi connectivity index (χ4n) is 6.16. The summed E-state index contributed by atoms with van der Waals surface area (Å²) in [6.45, 7) is 9.59. The van der Waals surface area contributed by atoms with Crippen LogP contribution in [-0.2, 0) is 20.4 Å². The summed E-state index contributed by atoms with van der Waals surface area (Å²) in [5.41, 5.74) is -4.66. The predicted octanol–water partition coefficient (Wildman–Crippen LogP) is 5.88. The minimum Gasteiger partial charge on any atom is -0.497 e. The molecule has 2 aromatic rings. The van der Waals surface area contributed by atoms with E-state index in [0.717, 1.165) is 18.1 Å². The van der Waals surface area contributed by atoms with Crippen LogP contribution in [0, 0.1) is 0 Å². The van der Waals surface area contributed by atoms with Crippen molar-refractivity contribution in [1.29, 1.82) is 0 Å². The van der Waals surface area contributed by atoms with Crippen molar-refractivity contribution in [3.8, 4) is 17.2 Å². The van der Waals surface area contributed by atoms with Gasteiger partial charge in [0.2, 0.25) is 5.60 Å². The normalized spacial score (nSPS) is 19.0. The zero-order valence-electron chi connectivity index (χ0n) is 30.7. The van der Waals surface area contributed by atoms with E-state index in [1.54, 1.807) is 58.9 Å². The number of nitrogens with one attached hydrogen (secondary N) is 1. The molecule has 286 valence electrons. The zero-order chi connectivity index (χ0) is 38.6. The molecule has 0 aromatic heterocycles. The average Bonchev–Trinajstić information content (AvgIpc) is 3.07. The highest BCUT2D eigenvalue weighted by atomic mass is 19.4. The molecule has 1 saturated heterocycles. The lowest BCUT2D eigenvalue weighted by molar-refractivity contribution is -0.139. The van der Waals surface area contributed by atoms with Crippen LogP contribution in [0.25, 0.3) is 0 Å². The summed E-state index contributed by atoms with van der Waals surface area (Å²) in [6.07, 6.45) is -5.44. The van der Waals surface area contributed by atoms with E-state index in [0.29, 0.717) is 37.0 Å². The van der Waals surface area contributed by atoms with Gasteiger partial charge >= 0.3 is 18.4 Å². The van der Waals surface area contributed by atoms with Crippen molar-refractivity contribution in [3.05, 3.63) is 47.5 Å². The molecule has 2 aromatic carbocycles. The second-order valence-corrected chi connectivity index (χ2v) is 14.1. The van der Waals surface area contributed by atoms with Gasteiger partial charge in [-0.2, -0.15) is 13.2 Å². The zero-order valence-corrected chi connectivity index (χ0v) is 30.7. The Hall–Kier alpha value is -4.89. The first-order valence-electron chi connectivity index (χ1n) is 16.9. The molecule has 2 aliphatic heterocycles. The van der Waals surface area contributed by atoms with Gasteiger partial charge in [0.1, 0.15) is 29.5 Å². The van der Waals surface area contributed by atoms with Crippen LogP contribution in [0.2, 0.25) is 0 Å². The van der Waals surface area contributed by atoms with E-state index in [1.807, 2.05) is 0 Å². The Morgan fingerprint density at radius 1 is 1.10 bits per heavy atom. The number of fused-ring (bicyclic) bond motifs is 1. The Kier molecular flexibility index (Phi) is 12.1. The second-order valence-electron chi connectivity index (χ2n) is 14.1. The van der Waals surface area contributed by atoms with Crippen LogP contribution in [0.3, 0.4) is 0 Å². The summed E-state index contributed by atoms with van der Waals surface area (Å²) in [5, 5.41) is 2.47. The summed E-state index contributed by atoms with van der Waals surface area (Å²) in [4.78, 5) is 57.2. The van der Waals surface area contributed by atoms with Gasteiger partial charge in [-0.15, -0.1) is 0 Å². The molecule has 0 bridgehead atoms. The maximum atomic E-state index is 14.9. The SMILES string of the molecule is COC(=O)NCCN1C(=O)C(C)(COc2cccc(OC)c2)Oc2cc(C(F)(F)F)c(C(=O)N(C(C)C)[C@@H]3CCCN(C(=O)OC(C)(C)C)C3)cc21. The molecular formula is C36H47F3N4O9. The topological polar surface area (TPSA) is 136 Å². The van der Waals surface area contributed by atoms with E-state index < -0.39 is 71.2 Å². The summed E-state index contributed by atoms with van der Waals surface area (Å²) in [5.74, 6) is -1.14. The van der Waals surface area contributed by atoms with Gasteiger partial charge < -0.3 is 43.7 Å². The van der Waals surface area contributed by atoms with Crippen LogP contribution in [0.15, 0.2) is 36.4 Å². The molecule has 4 amide bonds. The second kappa shape index (κ2) is 15.8. The van der Waals surface area contributed by atoms with Crippen molar-refractivity contribution in [2.45, 2.75) is 83.8 Å². The third kappa shape index (κ3) is 9.31. The molecule has 13 nitrogen and oxygen atoms in total. The monoisotopic (exact) mass is 736 g/mol. The Bertz CT molecular complexity index is 1650. The molecule has 1 fully saturated rings. The smallest absolute Gasteiger partial charge is 0.417 e. The van der Waals surface area contributed by atoms with Crippen molar-refractivity contribution >= 4 is 29.7 Å². The number of anilines is 1. The van der Waals surface area contributed by atoms with Crippen molar-refractivity contribution in [1.82, 2.24) is 15.1 Å². The minimum atomic E-state index is -5.01. The van der Waals surface area contributed by atoms with E-state index in [4.69, 9.17) is 18.9 Å². The lowest BCUT2D eigenvalue weighted by Crippen LogP contribution is -2.58. The maximum absolute atomic E-state index is 14.9. The molecule has 1 unspecified atom stereocenters. The van der Waals surface area contributed by atoms with Crippen molar-refractivity contribution in [2.24, 2.45) is 0 Å². The number of hydrogen-bond acceptors (Lipinski definition) is 9. The molecule has 0 spiro atoms. The molecule has 16 heteroatoms. The Morgan fingerprint density at radius 2 is 1.79 bits per heavy atom. The molecule has 1 N–H and O–H groups in total. The molecule has 2 atom stereocenters. The van der Waals surface area contributed by atoms with Crippen molar-refractivity contribution in [2.75, 3.05) is 51.9 Å². The summed E-state index contributed by atoms with van der Waals surface area (Å²) in [6, 6.07) is 7.06. The van der Waals surface area contributed by atoms with E-state index in [9.17, 15) is 32.3 Å². The van der Waals surface area contributed by atoms with Crippen LogP contribution in [0.5, 0.6) is 17.2 Å². The summed E-state index contributed by atoms with van der Waals surface area (Å²) in [7, 11) is 2.63. The first-order chi connectivity index (χ1) is 24.3. The first-order valence-corrected chi connectivity index (χ1v) is 16.9. The number of likely N-dealkylation sites (tertiary alicyclic amines) is 1. The van der Waals surface area contributed by atoms with Crippen LogP contribution in [0.4, 0.5) is 28.4 Å². The molecule has 0 aliphatic carbocycles. The number of methoxy groups -OCH3 is 2. The molecule has 0 saturated carbocycles. The number of alkyl halides is 3. The quantitative estimate of drug-likeness (QED) is 0.317. The van der Waals surface area contributed by atoms with Gasteiger partial charge in [0.15, 0.2) is 0 Å². The van der Waals surface area contributed by atoms with Gasteiger partial charge in [-0.3, -0.25) is 9.59 Å². The maximum Gasteiger partial charge on any atom is 0.417 e. The Morgan fingerprint density at radius 3 is 2.40 bits per heavy atom. The Labute approximate surface area is 301 Å². The van der Waals surface area contributed by atoms with Crippen LogP contribution in [-0.4, -0.2) is 104 Å².